The van der Waals surface area contributed by atoms with Crippen LogP contribution < -0.4 is 21.5 Å². The lowest BCUT2D eigenvalue weighted by molar-refractivity contribution is -0.808. The summed E-state index contributed by atoms with van der Waals surface area (Å²) in [5.74, 6) is -1.09. The highest BCUT2D eigenvalue weighted by Gasteiger charge is 2.46. The number of hydrogen-bond acceptors (Lipinski definition) is 6. The van der Waals surface area contributed by atoms with Crippen LogP contribution >= 0.6 is 0 Å². The first kappa shape index (κ1) is 27.9. The Balaban J connectivity index is 2.30. The highest BCUT2D eigenvalue weighted by Crippen LogP contribution is 2.30. The van der Waals surface area contributed by atoms with E-state index in [9.17, 15) is 18.0 Å². The summed E-state index contributed by atoms with van der Waals surface area (Å²) in [6, 6.07) is 6.42. The molecule has 0 saturated carbocycles. The van der Waals surface area contributed by atoms with Crippen molar-refractivity contribution < 1.29 is 27.3 Å². The maximum Gasteiger partial charge on any atom is 0.368 e. The van der Waals surface area contributed by atoms with E-state index in [1.54, 1.807) is 25.1 Å². The van der Waals surface area contributed by atoms with E-state index in [0.717, 1.165) is 17.7 Å². The molecule has 1 atom stereocenters. The van der Waals surface area contributed by atoms with Crippen LogP contribution in [0.25, 0.3) is 0 Å². The van der Waals surface area contributed by atoms with Crippen molar-refractivity contribution in [1.29, 1.82) is 0 Å². The molecule has 0 aromatic heterocycles. The summed E-state index contributed by atoms with van der Waals surface area (Å²) in [5, 5.41) is 6.08. The average Bonchev–Trinajstić information content (AvgIpc) is 2.78. The van der Waals surface area contributed by atoms with Crippen molar-refractivity contribution in [2.24, 2.45) is 16.6 Å². The maximum absolute atomic E-state index is 13.8. The Bertz CT molecular complexity index is 1120. The van der Waals surface area contributed by atoms with Crippen LogP contribution in [0.2, 0.25) is 0 Å². The molecule has 0 saturated heterocycles. The third kappa shape index (κ3) is 7.30. The van der Waals surface area contributed by atoms with E-state index in [4.69, 9.17) is 16.3 Å². The first-order chi connectivity index (χ1) is 16.6. The SMILES string of the molecule is CCCC1=CC=C(NS(=O)(=O)c2cccc(C)c2)C(=O)[N+]1(CCC)CC(=O)NCCON=C(N)N. The molecule has 1 heterocycles. The molecule has 1 aliphatic rings. The lowest BCUT2D eigenvalue weighted by atomic mass is 10.0. The fraction of sp³-hybridized carbons (Fsp3) is 0.435. The van der Waals surface area contributed by atoms with Gasteiger partial charge < -0.3 is 21.6 Å². The van der Waals surface area contributed by atoms with Crippen LogP contribution in [0.5, 0.6) is 0 Å². The number of nitrogens with zero attached hydrogens (tertiary/aromatic N) is 2. The van der Waals surface area contributed by atoms with Gasteiger partial charge in [-0.05, 0) is 54.8 Å². The highest BCUT2D eigenvalue weighted by molar-refractivity contribution is 7.89. The normalized spacial score (nSPS) is 17.7. The topological polar surface area (TPSA) is 166 Å². The number of hydrogen-bond donors (Lipinski definition) is 4. The number of oxime groups is 1. The van der Waals surface area contributed by atoms with Crippen LogP contribution in [0.3, 0.4) is 0 Å². The maximum atomic E-state index is 13.8. The predicted octanol–water partition coefficient (Wildman–Crippen LogP) is 0.929. The van der Waals surface area contributed by atoms with E-state index in [-0.39, 0.29) is 46.6 Å². The van der Waals surface area contributed by atoms with Gasteiger partial charge in [-0.1, -0.05) is 26.0 Å². The number of carbonyl (C=O) groups is 2. The van der Waals surface area contributed by atoms with Crippen molar-refractivity contribution in [3.05, 3.63) is 53.4 Å². The number of nitrogens with two attached hydrogens (primary N) is 2. The van der Waals surface area contributed by atoms with Gasteiger partial charge in [-0.2, -0.15) is 0 Å². The molecule has 0 bridgehead atoms. The van der Waals surface area contributed by atoms with Crippen LogP contribution in [-0.4, -0.2) is 56.9 Å². The average molecular weight is 508 g/mol. The molecule has 2 rings (SSSR count). The van der Waals surface area contributed by atoms with Crippen molar-refractivity contribution in [1.82, 2.24) is 10.0 Å². The number of aryl methyl sites for hydroxylation is 1. The molecular weight excluding hydrogens is 472 g/mol. The van der Waals surface area contributed by atoms with Crippen LogP contribution in [0.15, 0.2) is 57.9 Å². The number of guanidine groups is 1. The molecule has 0 radical (unpaired) electrons. The molecule has 192 valence electrons. The van der Waals surface area contributed by atoms with E-state index < -0.39 is 15.9 Å². The Labute approximate surface area is 206 Å². The lowest BCUT2D eigenvalue weighted by Crippen LogP contribution is -2.59. The second kappa shape index (κ2) is 12.4. The molecule has 0 spiro atoms. The first-order valence-corrected chi connectivity index (χ1v) is 12.9. The fourth-order valence-electron chi connectivity index (χ4n) is 3.91. The Morgan fingerprint density at radius 3 is 2.54 bits per heavy atom. The Morgan fingerprint density at radius 1 is 1.17 bits per heavy atom. The highest BCUT2D eigenvalue weighted by atomic mass is 32.2. The number of nitrogens with one attached hydrogen (secondary N) is 2. The van der Waals surface area contributed by atoms with Crippen molar-refractivity contribution in [2.75, 3.05) is 26.2 Å². The Hall–Kier alpha value is -3.38. The minimum absolute atomic E-state index is 0.0461. The van der Waals surface area contributed by atoms with Crippen LogP contribution in [0.1, 0.15) is 38.7 Å². The van der Waals surface area contributed by atoms with E-state index in [1.807, 2.05) is 13.8 Å². The Kier molecular flexibility index (Phi) is 9.84. The van der Waals surface area contributed by atoms with Gasteiger partial charge in [-0.25, -0.2) is 17.7 Å². The van der Waals surface area contributed by atoms with Gasteiger partial charge in [0.1, 0.15) is 12.3 Å². The molecular formula is C23H35N6O5S+. The minimum Gasteiger partial charge on any atom is -0.391 e. The number of rotatable bonds is 13. The fourth-order valence-corrected chi connectivity index (χ4v) is 5.07. The summed E-state index contributed by atoms with van der Waals surface area (Å²) in [5.41, 5.74) is 11.8. The van der Waals surface area contributed by atoms with Gasteiger partial charge in [0.15, 0.2) is 12.2 Å². The van der Waals surface area contributed by atoms with E-state index in [1.165, 1.54) is 18.2 Å². The molecule has 12 heteroatoms. The number of sulfonamides is 1. The van der Waals surface area contributed by atoms with Crippen molar-refractivity contribution in [2.45, 2.75) is 44.9 Å². The largest absolute Gasteiger partial charge is 0.391 e. The zero-order valence-electron chi connectivity index (χ0n) is 20.4. The standard InChI is InChI=1S/C23H34N6O5S/c1-4-7-18-10-11-20(28-35(32,33)19-9-6-8-17(3)15-19)22(31)29(18,13-5-2)16-21(30)26-12-14-34-27-23(24)25/h6,8-11,15,28H,4-5,7,12-14,16H2,1-3H3,(H4-,24,25,26,27,30)/p+1. The molecule has 1 aliphatic heterocycles. The smallest absolute Gasteiger partial charge is 0.368 e. The van der Waals surface area contributed by atoms with Gasteiger partial charge in [-0.15, -0.1) is 0 Å². The van der Waals surface area contributed by atoms with E-state index in [2.05, 4.69) is 15.2 Å². The van der Waals surface area contributed by atoms with Crippen molar-refractivity contribution in [3.8, 4) is 0 Å². The van der Waals surface area contributed by atoms with Gasteiger partial charge in [0, 0.05) is 6.42 Å². The summed E-state index contributed by atoms with van der Waals surface area (Å²) >= 11 is 0. The monoisotopic (exact) mass is 507 g/mol. The summed E-state index contributed by atoms with van der Waals surface area (Å²) in [4.78, 5) is 31.5. The second-order valence-electron chi connectivity index (χ2n) is 8.26. The predicted molar refractivity (Wildman–Crippen MR) is 133 cm³/mol. The molecule has 2 amide bonds. The molecule has 0 fully saturated rings. The minimum atomic E-state index is -3.99. The van der Waals surface area contributed by atoms with Gasteiger partial charge in [0.25, 0.3) is 15.9 Å². The molecule has 1 aromatic rings. The van der Waals surface area contributed by atoms with Gasteiger partial charge >= 0.3 is 5.91 Å². The summed E-state index contributed by atoms with van der Waals surface area (Å²) in [7, 11) is -3.99. The number of benzene rings is 1. The zero-order chi connectivity index (χ0) is 26.1. The quantitative estimate of drug-likeness (QED) is 0.101. The van der Waals surface area contributed by atoms with Crippen molar-refractivity contribution >= 4 is 27.8 Å². The van der Waals surface area contributed by atoms with Gasteiger partial charge in [-0.3, -0.25) is 9.52 Å². The first-order valence-electron chi connectivity index (χ1n) is 11.5. The third-order valence-corrected chi connectivity index (χ3v) is 6.73. The molecule has 1 unspecified atom stereocenters. The zero-order valence-corrected chi connectivity index (χ0v) is 21.2. The van der Waals surface area contributed by atoms with Crippen LogP contribution in [0.4, 0.5) is 0 Å². The van der Waals surface area contributed by atoms with Crippen LogP contribution in [-0.2, 0) is 24.4 Å². The number of carbonyl (C=O) groups excluding carboxylic acids is 2. The lowest BCUT2D eigenvalue weighted by Gasteiger charge is -2.38. The summed E-state index contributed by atoms with van der Waals surface area (Å²) in [6.07, 6.45) is 5.17. The summed E-state index contributed by atoms with van der Waals surface area (Å²) in [6.45, 7) is 6.01. The number of amides is 2. The molecule has 6 N–H and O–H groups in total. The third-order valence-electron chi connectivity index (χ3n) is 5.37. The molecule has 0 aliphatic carbocycles. The van der Waals surface area contributed by atoms with E-state index in [0.29, 0.717) is 19.4 Å². The van der Waals surface area contributed by atoms with Gasteiger partial charge in [0.05, 0.1) is 18.0 Å². The Morgan fingerprint density at radius 2 is 1.91 bits per heavy atom. The number of allylic oxidation sites excluding steroid dienone is 3. The van der Waals surface area contributed by atoms with E-state index >= 15 is 0 Å². The van der Waals surface area contributed by atoms with Crippen molar-refractivity contribution in [3.63, 3.8) is 0 Å². The summed E-state index contributed by atoms with van der Waals surface area (Å²) < 4.78 is 28.1. The van der Waals surface area contributed by atoms with Gasteiger partial charge in [0.2, 0.25) is 5.96 Å². The molecule has 11 nitrogen and oxygen atoms in total. The second-order valence-corrected chi connectivity index (χ2v) is 9.95. The number of quaternary nitrogens is 1. The molecule has 35 heavy (non-hydrogen) atoms. The van der Waals surface area contributed by atoms with Crippen LogP contribution in [0, 0.1) is 6.92 Å². The molecule has 1 aromatic carbocycles.